The lowest BCUT2D eigenvalue weighted by molar-refractivity contribution is -0.137. The van der Waals surface area contributed by atoms with E-state index >= 15 is 0 Å². The maximum atomic E-state index is 13.3. The van der Waals surface area contributed by atoms with Crippen LogP contribution in [-0.4, -0.2) is 20.5 Å². The average Bonchev–Trinajstić information content (AvgIpc) is 2.98. The van der Waals surface area contributed by atoms with E-state index in [0.717, 1.165) is 16.6 Å². The Morgan fingerprint density at radius 3 is 2.56 bits per heavy atom. The fourth-order valence-corrected chi connectivity index (χ4v) is 3.68. The molecule has 4 rings (SSSR count). The van der Waals surface area contributed by atoms with Crippen molar-refractivity contribution >= 4 is 33.2 Å². The smallest absolute Gasteiger partial charge is 0.280 e. The second kappa shape index (κ2) is 6.76. The molecule has 0 bridgehead atoms. The molecule has 0 saturated heterocycles. The number of nitrogens with zero attached hydrogens (tertiary/aromatic N) is 4. The van der Waals surface area contributed by atoms with Gasteiger partial charge in [-0.3, -0.25) is 9.56 Å². The molecule has 2 heterocycles. The molecule has 0 saturated carbocycles. The summed E-state index contributed by atoms with van der Waals surface area (Å²) in [4.78, 5) is 4.56. The normalized spacial score (nSPS) is 13.6. The predicted molar refractivity (Wildman–Crippen MR) is 99.4 cm³/mol. The van der Waals surface area contributed by atoms with E-state index in [1.807, 2.05) is 24.3 Å². The molecule has 0 fully saturated rings. The van der Waals surface area contributed by atoms with Gasteiger partial charge in [0.25, 0.3) is 0 Å². The Kier molecular flexibility index (Phi) is 4.55. The van der Waals surface area contributed by atoms with Crippen LogP contribution in [0.3, 0.4) is 0 Å². The first-order chi connectivity index (χ1) is 12.9. The molecule has 0 spiro atoms. The Balaban J connectivity index is 2.02. The Hall–Kier alpha value is -2.19. The molecule has 9 heteroatoms. The highest BCUT2D eigenvalue weighted by atomic mass is 79.9. The molecule has 0 aliphatic carbocycles. The molecule has 138 valence electrons. The van der Waals surface area contributed by atoms with Gasteiger partial charge in [-0.15, -0.1) is 21.8 Å². The predicted octanol–water partition coefficient (Wildman–Crippen LogP) is 5.14. The zero-order valence-corrected chi connectivity index (χ0v) is 16.0. The van der Waals surface area contributed by atoms with Crippen LogP contribution in [0.1, 0.15) is 28.3 Å². The summed E-state index contributed by atoms with van der Waals surface area (Å²) in [6.07, 6.45) is -4.47. The maximum Gasteiger partial charge on any atom is 0.416 e. The minimum absolute atomic E-state index is 0.0812. The lowest BCUT2D eigenvalue weighted by Crippen LogP contribution is -2.13. The van der Waals surface area contributed by atoms with E-state index in [1.165, 1.54) is 6.07 Å². The van der Waals surface area contributed by atoms with Crippen LogP contribution in [0, 0.1) is 0 Å². The molecule has 0 amide bonds. The van der Waals surface area contributed by atoms with Crippen molar-refractivity contribution in [1.29, 1.82) is 0 Å². The number of hydrogen-bond donors (Lipinski definition) is 0. The van der Waals surface area contributed by atoms with E-state index in [9.17, 15) is 13.2 Å². The van der Waals surface area contributed by atoms with Gasteiger partial charge in [-0.25, -0.2) is 0 Å². The monoisotopic (exact) mass is 454 g/mol. The minimum Gasteiger partial charge on any atom is -0.280 e. The van der Waals surface area contributed by atoms with Gasteiger partial charge in [-0.05, 0) is 24.3 Å². The van der Waals surface area contributed by atoms with Crippen molar-refractivity contribution in [3.05, 3.63) is 75.3 Å². The first kappa shape index (κ1) is 18.2. The number of benzene rings is 2. The SMILES string of the molecule is FC(F)(F)c1ccc2c(c1)C(c1ccccc1Br)=NCc1nnc(CCl)n1-2. The Morgan fingerprint density at radius 1 is 1.07 bits per heavy atom. The van der Waals surface area contributed by atoms with Crippen molar-refractivity contribution in [3.63, 3.8) is 0 Å². The minimum atomic E-state index is -4.47. The van der Waals surface area contributed by atoms with Crippen molar-refractivity contribution in [1.82, 2.24) is 14.8 Å². The van der Waals surface area contributed by atoms with Crippen LogP contribution in [0.4, 0.5) is 13.2 Å². The van der Waals surface area contributed by atoms with Gasteiger partial charge in [0, 0.05) is 15.6 Å². The third kappa shape index (κ3) is 3.17. The van der Waals surface area contributed by atoms with E-state index in [-0.39, 0.29) is 12.4 Å². The van der Waals surface area contributed by atoms with Gasteiger partial charge in [-0.1, -0.05) is 34.1 Å². The summed E-state index contributed by atoms with van der Waals surface area (Å²) in [5, 5.41) is 8.12. The van der Waals surface area contributed by atoms with Gasteiger partial charge in [-0.2, -0.15) is 13.2 Å². The average molecular weight is 456 g/mol. The van der Waals surface area contributed by atoms with Gasteiger partial charge in [0.1, 0.15) is 6.54 Å². The molecule has 3 aromatic rings. The highest BCUT2D eigenvalue weighted by Crippen LogP contribution is 2.35. The summed E-state index contributed by atoms with van der Waals surface area (Å²) in [5.74, 6) is 1.06. The summed E-state index contributed by atoms with van der Waals surface area (Å²) >= 11 is 9.42. The molecule has 0 N–H and O–H groups in total. The van der Waals surface area contributed by atoms with Crippen LogP contribution in [0.15, 0.2) is 51.9 Å². The quantitative estimate of drug-likeness (QED) is 0.502. The Labute approximate surface area is 165 Å². The van der Waals surface area contributed by atoms with Crippen molar-refractivity contribution < 1.29 is 13.2 Å². The van der Waals surface area contributed by atoms with E-state index in [4.69, 9.17) is 11.6 Å². The molecule has 1 aromatic heterocycles. The summed E-state index contributed by atoms with van der Waals surface area (Å²) in [6.45, 7) is 0.177. The molecular formula is C18H11BrClF3N4. The molecule has 1 aliphatic heterocycles. The largest absolute Gasteiger partial charge is 0.416 e. The third-order valence-electron chi connectivity index (χ3n) is 4.24. The van der Waals surface area contributed by atoms with Crippen molar-refractivity contribution in [2.24, 2.45) is 4.99 Å². The molecular weight excluding hydrogens is 445 g/mol. The first-order valence-electron chi connectivity index (χ1n) is 7.90. The standard InChI is InChI=1S/C18H11BrClF3N4/c19-13-4-2-1-3-11(13)17-12-7-10(18(21,22)23)5-6-14(12)27-15(8-20)25-26-16(27)9-24-17/h1-7H,8-9H2. The van der Waals surface area contributed by atoms with E-state index < -0.39 is 11.7 Å². The highest BCUT2D eigenvalue weighted by Gasteiger charge is 2.33. The summed E-state index contributed by atoms with van der Waals surface area (Å²) in [6, 6.07) is 10.8. The number of rotatable bonds is 2. The summed E-state index contributed by atoms with van der Waals surface area (Å²) in [5.41, 5.74) is 1.27. The summed E-state index contributed by atoms with van der Waals surface area (Å²) < 4.78 is 42.5. The van der Waals surface area contributed by atoms with Crippen LogP contribution in [0.5, 0.6) is 0 Å². The highest BCUT2D eigenvalue weighted by molar-refractivity contribution is 9.10. The zero-order chi connectivity index (χ0) is 19.2. The topological polar surface area (TPSA) is 43.1 Å². The van der Waals surface area contributed by atoms with Gasteiger partial charge < -0.3 is 0 Å². The zero-order valence-electron chi connectivity index (χ0n) is 13.6. The molecule has 0 unspecified atom stereocenters. The van der Waals surface area contributed by atoms with Gasteiger partial charge in [0.15, 0.2) is 11.6 Å². The molecule has 0 atom stereocenters. The molecule has 27 heavy (non-hydrogen) atoms. The van der Waals surface area contributed by atoms with Crippen LogP contribution in [0.2, 0.25) is 0 Å². The molecule has 1 aliphatic rings. The van der Waals surface area contributed by atoms with Crippen LogP contribution in [0.25, 0.3) is 5.69 Å². The number of fused-ring (bicyclic) bond motifs is 3. The fourth-order valence-electron chi connectivity index (χ4n) is 3.04. The van der Waals surface area contributed by atoms with Gasteiger partial charge >= 0.3 is 6.18 Å². The first-order valence-corrected chi connectivity index (χ1v) is 9.23. The second-order valence-electron chi connectivity index (χ2n) is 5.88. The van der Waals surface area contributed by atoms with Crippen molar-refractivity contribution in [2.45, 2.75) is 18.6 Å². The van der Waals surface area contributed by atoms with Crippen LogP contribution < -0.4 is 0 Å². The number of alkyl halides is 4. The van der Waals surface area contributed by atoms with Crippen molar-refractivity contribution in [3.8, 4) is 5.69 Å². The molecule has 2 aromatic carbocycles. The van der Waals surface area contributed by atoms with Crippen LogP contribution in [-0.2, 0) is 18.6 Å². The van der Waals surface area contributed by atoms with Gasteiger partial charge in [0.2, 0.25) is 0 Å². The number of halogens is 5. The van der Waals surface area contributed by atoms with Crippen molar-refractivity contribution in [2.75, 3.05) is 0 Å². The van der Waals surface area contributed by atoms with E-state index in [2.05, 4.69) is 31.1 Å². The second-order valence-corrected chi connectivity index (χ2v) is 7.00. The lowest BCUT2D eigenvalue weighted by atomic mass is 9.98. The maximum absolute atomic E-state index is 13.3. The van der Waals surface area contributed by atoms with E-state index in [0.29, 0.717) is 34.2 Å². The van der Waals surface area contributed by atoms with Gasteiger partial charge in [0.05, 0.1) is 22.8 Å². The summed E-state index contributed by atoms with van der Waals surface area (Å²) in [7, 11) is 0. The van der Waals surface area contributed by atoms with E-state index in [1.54, 1.807) is 4.57 Å². The molecule has 0 radical (unpaired) electrons. The molecule has 4 nitrogen and oxygen atoms in total. The number of hydrogen-bond acceptors (Lipinski definition) is 3. The number of aromatic nitrogens is 3. The Bertz CT molecular complexity index is 1060. The Morgan fingerprint density at radius 2 is 1.85 bits per heavy atom. The van der Waals surface area contributed by atoms with Crippen LogP contribution >= 0.6 is 27.5 Å². The number of aliphatic imine (C=N–C) groups is 1. The lowest BCUT2D eigenvalue weighted by Gasteiger charge is -2.16. The fraction of sp³-hybridized carbons (Fsp3) is 0.167. The third-order valence-corrected chi connectivity index (χ3v) is 5.17.